The second kappa shape index (κ2) is 7.93. The molecule has 0 aliphatic heterocycles. The lowest BCUT2D eigenvalue weighted by Gasteiger charge is -2.22. The summed E-state index contributed by atoms with van der Waals surface area (Å²) in [4.78, 5) is 1.31. The van der Waals surface area contributed by atoms with Crippen molar-refractivity contribution in [2.75, 3.05) is 19.4 Å². The molecular formula is C16H27NOS. The Kier molecular flexibility index (Phi) is 6.90. The van der Waals surface area contributed by atoms with Crippen LogP contribution in [0.5, 0.6) is 0 Å². The molecule has 3 heteroatoms. The van der Waals surface area contributed by atoms with Gasteiger partial charge in [0.2, 0.25) is 0 Å². The molecule has 108 valence electrons. The van der Waals surface area contributed by atoms with Gasteiger partial charge in [-0.05, 0) is 55.7 Å². The highest BCUT2D eigenvalue weighted by Crippen LogP contribution is 2.21. The average Bonchev–Trinajstić information content (AvgIpc) is 2.43. The normalized spacial score (nSPS) is 13.5. The molecule has 0 heterocycles. The molecule has 0 bridgehead atoms. The average molecular weight is 281 g/mol. The first-order chi connectivity index (χ1) is 8.98. The number of rotatable bonds is 8. The molecule has 1 atom stereocenters. The van der Waals surface area contributed by atoms with Crippen molar-refractivity contribution in [1.29, 1.82) is 0 Å². The summed E-state index contributed by atoms with van der Waals surface area (Å²) in [5.41, 5.74) is 1.38. The minimum absolute atomic E-state index is 0.0465. The van der Waals surface area contributed by atoms with E-state index in [-0.39, 0.29) is 12.0 Å². The second-order valence-corrected chi connectivity index (χ2v) is 6.75. The molecule has 0 spiro atoms. The van der Waals surface area contributed by atoms with E-state index in [0.29, 0.717) is 6.04 Å². The van der Waals surface area contributed by atoms with Gasteiger partial charge in [0.1, 0.15) is 0 Å². The van der Waals surface area contributed by atoms with Gasteiger partial charge in [0.25, 0.3) is 0 Å². The molecular weight excluding hydrogens is 254 g/mol. The van der Waals surface area contributed by atoms with Gasteiger partial charge in [0, 0.05) is 17.5 Å². The number of aliphatic hydroxyl groups is 1. The van der Waals surface area contributed by atoms with E-state index in [9.17, 15) is 5.11 Å². The highest BCUT2D eigenvalue weighted by molar-refractivity contribution is 7.98. The minimum Gasteiger partial charge on any atom is -0.396 e. The molecule has 1 unspecified atom stereocenters. The van der Waals surface area contributed by atoms with E-state index in [1.54, 1.807) is 11.8 Å². The third kappa shape index (κ3) is 5.98. The van der Waals surface area contributed by atoms with Crippen molar-refractivity contribution in [2.45, 2.75) is 44.6 Å². The van der Waals surface area contributed by atoms with Crippen LogP contribution in [-0.4, -0.2) is 24.5 Å². The van der Waals surface area contributed by atoms with Crippen LogP contribution in [0.1, 0.15) is 45.2 Å². The van der Waals surface area contributed by atoms with Crippen LogP contribution in [0.4, 0.5) is 0 Å². The van der Waals surface area contributed by atoms with Crippen LogP contribution in [0, 0.1) is 5.41 Å². The van der Waals surface area contributed by atoms with Crippen molar-refractivity contribution in [3.8, 4) is 0 Å². The zero-order valence-corrected chi connectivity index (χ0v) is 13.4. The number of benzene rings is 1. The smallest absolute Gasteiger partial charge is 0.0482 e. The Labute approximate surface area is 122 Å². The van der Waals surface area contributed by atoms with Crippen LogP contribution < -0.4 is 5.32 Å². The van der Waals surface area contributed by atoms with Crippen molar-refractivity contribution in [2.24, 2.45) is 5.41 Å². The lowest BCUT2D eigenvalue weighted by molar-refractivity contribution is 0.147. The molecule has 0 saturated carbocycles. The highest BCUT2D eigenvalue weighted by atomic mass is 32.2. The SMILES string of the molecule is CSc1ccc(C(C)NCCCC(C)(C)CO)cc1. The van der Waals surface area contributed by atoms with Gasteiger partial charge < -0.3 is 10.4 Å². The van der Waals surface area contributed by atoms with E-state index < -0.39 is 0 Å². The highest BCUT2D eigenvalue weighted by Gasteiger charge is 2.15. The Morgan fingerprint density at radius 2 is 1.89 bits per heavy atom. The molecule has 0 aliphatic carbocycles. The molecule has 1 aromatic carbocycles. The lowest BCUT2D eigenvalue weighted by Crippen LogP contribution is -2.23. The molecule has 0 saturated heterocycles. The summed E-state index contributed by atoms with van der Waals surface area (Å²) in [6, 6.07) is 9.12. The first-order valence-corrected chi connectivity index (χ1v) is 8.19. The Balaban J connectivity index is 2.32. The predicted octanol–water partition coefficient (Wildman–Crippen LogP) is 3.86. The Hall–Kier alpha value is -0.510. The van der Waals surface area contributed by atoms with Crippen LogP contribution in [-0.2, 0) is 0 Å². The third-order valence-corrected chi connectivity index (χ3v) is 4.27. The van der Waals surface area contributed by atoms with Crippen LogP contribution in [0.3, 0.4) is 0 Å². The monoisotopic (exact) mass is 281 g/mol. The maximum absolute atomic E-state index is 9.21. The van der Waals surface area contributed by atoms with Crippen molar-refractivity contribution in [3.05, 3.63) is 29.8 Å². The Morgan fingerprint density at radius 1 is 1.26 bits per heavy atom. The summed E-state index contributed by atoms with van der Waals surface area (Å²) < 4.78 is 0. The summed E-state index contributed by atoms with van der Waals surface area (Å²) in [5.74, 6) is 0. The van der Waals surface area contributed by atoms with Gasteiger partial charge in [-0.1, -0.05) is 26.0 Å². The molecule has 0 radical (unpaired) electrons. The zero-order valence-electron chi connectivity index (χ0n) is 12.6. The van der Waals surface area contributed by atoms with E-state index in [2.05, 4.69) is 56.6 Å². The van der Waals surface area contributed by atoms with Gasteiger partial charge in [0.05, 0.1) is 0 Å². The molecule has 2 nitrogen and oxygen atoms in total. The summed E-state index contributed by atoms with van der Waals surface area (Å²) in [7, 11) is 0. The van der Waals surface area contributed by atoms with Crippen LogP contribution in [0.2, 0.25) is 0 Å². The Morgan fingerprint density at radius 3 is 2.42 bits per heavy atom. The first-order valence-electron chi connectivity index (χ1n) is 6.97. The van der Waals surface area contributed by atoms with E-state index in [1.807, 2.05) is 0 Å². The molecule has 19 heavy (non-hydrogen) atoms. The van der Waals surface area contributed by atoms with E-state index in [0.717, 1.165) is 19.4 Å². The maximum Gasteiger partial charge on any atom is 0.0482 e. The summed E-state index contributed by atoms with van der Waals surface area (Å²) in [6.45, 7) is 7.67. The quantitative estimate of drug-likeness (QED) is 0.560. The van der Waals surface area contributed by atoms with Gasteiger partial charge in [-0.15, -0.1) is 11.8 Å². The number of nitrogens with one attached hydrogen (secondary N) is 1. The molecule has 0 fully saturated rings. The van der Waals surface area contributed by atoms with Gasteiger partial charge in [0.15, 0.2) is 0 Å². The second-order valence-electron chi connectivity index (χ2n) is 5.87. The van der Waals surface area contributed by atoms with Crippen LogP contribution >= 0.6 is 11.8 Å². The fourth-order valence-electron chi connectivity index (χ4n) is 1.98. The number of hydrogen-bond donors (Lipinski definition) is 2. The zero-order chi connectivity index (χ0) is 14.3. The summed E-state index contributed by atoms with van der Waals surface area (Å²) in [6.07, 6.45) is 4.25. The third-order valence-electron chi connectivity index (χ3n) is 3.52. The Bertz CT molecular complexity index is 362. The first kappa shape index (κ1) is 16.5. The molecule has 2 N–H and O–H groups in total. The predicted molar refractivity (Wildman–Crippen MR) is 84.7 cm³/mol. The van der Waals surface area contributed by atoms with Gasteiger partial charge in [-0.2, -0.15) is 0 Å². The van der Waals surface area contributed by atoms with Crippen molar-refractivity contribution in [3.63, 3.8) is 0 Å². The number of aliphatic hydroxyl groups excluding tert-OH is 1. The van der Waals surface area contributed by atoms with Crippen LogP contribution in [0.25, 0.3) is 0 Å². The van der Waals surface area contributed by atoms with Crippen LogP contribution in [0.15, 0.2) is 29.2 Å². The largest absolute Gasteiger partial charge is 0.396 e. The maximum atomic E-state index is 9.21. The summed E-state index contributed by atoms with van der Waals surface area (Å²) in [5, 5.41) is 12.8. The topological polar surface area (TPSA) is 32.3 Å². The fourth-order valence-corrected chi connectivity index (χ4v) is 2.38. The summed E-state index contributed by atoms with van der Waals surface area (Å²) >= 11 is 1.77. The number of thioether (sulfide) groups is 1. The van der Waals surface area contributed by atoms with Crippen molar-refractivity contribution < 1.29 is 5.11 Å². The van der Waals surface area contributed by atoms with Gasteiger partial charge in [-0.25, -0.2) is 0 Å². The standard InChI is InChI=1S/C16H27NOS/c1-13(14-6-8-15(19-4)9-7-14)17-11-5-10-16(2,3)12-18/h6-9,13,17-18H,5,10-12H2,1-4H3. The number of hydrogen-bond acceptors (Lipinski definition) is 3. The molecule has 0 aliphatic rings. The van der Waals surface area contributed by atoms with E-state index in [4.69, 9.17) is 0 Å². The van der Waals surface area contributed by atoms with Crippen molar-refractivity contribution >= 4 is 11.8 Å². The van der Waals surface area contributed by atoms with Gasteiger partial charge in [-0.3, -0.25) is 0 Å². The van der Waals surface area contributed by atoms with E-state index >= 15 is 0 Å². The minimum atomic E-state index is 0.0465. The molecule has 1 aromatic rings. The van der Waals surface area contributed by atoms with E-state index in [1.165, 1.54) is 10.5 Å². The fraction of sp³-hybridized carbons (Fsp3) is 0.625. The van der Waals surface area contributed by atoms with Crippen molar-refractivity contribution in [1.82, 2.24) is 5.32 Å². The molecule has 0 aromatic heterocycles. The lowest BCUT2D eigenvalue weighted by atomic mass is 9.89. The molecule has 1 rings (SSSR count). The molecule has 0 amide bonds. The van der Waals surface area contributed by atoms with Gasteiger partial charge >= 0.3 is 0 Å².